The molecule has 1 aliphatic rings. The van der Waals surface area contributed by atoms with Crippen LogP contribution in [0.2, 0.25) is 0 Å². The van der Waals surface area contributed by atoms with Gasteiger partial charge in [0.05, 0.1) is 10.4 Å². The van der Waals surface area contributed by atoms with Gasteiger partial charge in [0, 0.05) is 11.7 Å². The van der Waals surface area contributed by atoms with Crippen LogP contribution in [-0.4, -0.2) is 11.9 Å². The van der Waals surface area contributed by atoms with E-state index in [-0.39, 0.29) is 23.7 Å². The molecule has 3 nitrogen and oxygen atoms in total. The molecule has 0 radical (unpaired) electrons. The predicted octanol–water partition coefficient (Wildman–Crippen LogP) is 3.74. The molecule has 1 saturated carbocycles. The minimum Gasteiger partial charge on any atom is -0.327 e. The Morgan fingerprint density at radius 2 is 2.05 bits per heavy atom. The molecule has 0 aliphatic heterocycles. The van der Waals surface area contributed by atoms with E-state index in [9.17, 15) is 9.18 Å². The minimum absolute atomic E-state index is 0.0546. The molecule has 3 N–H and O–H groups in total. The van der Waals surface area contributed by atoms with E-state index in [0.717, 1.165) is 32.1 Å². The molecule has 0 spiro atoms. The van der Waals surface area contributed by atoms with Gasteiger partial charge in [-0.05, 0) is 53.4 Å². The number of nitrogens with two attached hydrogens (primary N) is 1. The number of benzene rings is 1. The van der Waals surface area contributed by atoms with Gasteiger partial charge in [-0.2, -0.15) is 0 Å². The number of hydrogen-bond acceptors (Lipinski definition) is 2. The zero-order chi connectivity index (χ0) is 14.7. The zero-order valence-electron chi connectivity index (χ0n) is 11.6. The van der Waals surface area contributed by atoms with Crippen LogP contribution in [0.3, 0.4) is 0 Å². The molecule has 1 amide bonds. The number of carbonyl (C=O) groups is 1. The lowest BCUT2D eigenvalue weighted by atomic mass is 9.94. The first kappa shape index (κ1) is 15.4. The second-order valence-corrected chi connectivity index (χ2v) is 6.33. The normalized spacial score (nSPS) is 23.2. The molecule has 1 fully saturated rings. The number of carbonyl (C=O) groups excluding carboxylic acids is 1. The average Bonchev–Trinajstić information content (AvgIpc) is 2.60. The molecule has 2 rings (SSSR count). The SMILES string of the molecule is Cc1cc(F)c(Br)cc1NC(=O)C1CCCCCC1N. The molecule has 0 heterocycles. The van der Waals surface area contributed by atoms with Crippen molar-refractivity contribution in [3.05, 3.63) is 28.0 Å². The maximum atomic E-state index is 13.4. The fraction of sp³-hybridized carbons (Fsp3) is 0.533. The highest BCUT2D eigenvalue weighted by atomic mass is 79.9. The number of rotatable bonds is 2. The third kappa shape index (κ3) is 3.58. The molecule has 2 atom stereocenters. The summed E-state index contributed by atoms with van der Waals surface area (Å²) in [7, 11) is 0. The fourth-order valence-corrected chi connectivity index (χ4v) is 3.01. The summed E-state index contributed by atoms with van der Waals surface area (Å²) in [6.45, 7) is 1.78. The van der Waals surface area contributed by atoms with Gasteiger partial charge in [0.2, 0.25) is 5.91 Å². The molecule has 1 aromatic carbocycles. The quantitative estimate of drug-likeness (QED) is 0.804. The number of halogens is 2. The van der Waals surface area contributed by atoms with Crippen molar-refractivity contribution < 1.29 is 9.18 Å². The summed E-state index contributed by atoms with van der Waals surface area (Å²) >= 11 is 3.14. The summed E-state index contributed by atoms with van der Waals surface area (Å²) < 4.78 is 13.7. The Bertz CT molecular complexity index is 507. The van der Waals surface area contributed by atoms with Gasteiger partial charge in [-0.1, -0.05) is 19.3 Å². The van der Waals surface area contributed by atoms with Crippen molar-refractivity contribution in [2.24, 2.45) is 11.7 Å². The summed E-state index contributed by atoms with van der Waals surface area (Å²) in [6, 6.07) is 2.93. The van der Waals surface area contributed by atoms with Gasteiger partial charge in [0.15, 0.2) is 0 Å². The number of amides is 1. The van der Waals surface area contributed by atoms with E-state index in [1.165, 1.54) is 6.07 Å². The van der Waals surface area contributed by atoms with E-state index in [1.807, 2.05) is 0 Å². The fourth-order valence-electron chi connectivity index (χ4n) is 2.67. The van der Waals surface area contributed by atoms with Gasteiger partial charge in [-0.15, -0.1) is 0 Å². The number of nitrogens with one attached hydrogen (secondary N) is 1. The van der Waals surface area contributed by atoms with Crippen LogP contribution in [0.15, 0.2) is 16.6 Å². The monoisotopic (exact) mass is 342 g/mol. The maximum absolute atomic E-state index is 13.4. The van der Waals surface area contributed by atoms with Crippen LogP contribution in [0.4, 0.5) is 10.1 Å². The Hall–Kier alpha value is -0.940. The highest BCUT2D eigenvalue weighted by molar-refractivity contribution is 9.10. The van der Waals surface area contributed by atoms with Gasteiger partial charge in [0.25, 0.3) is 0 Å². The van der Waals surface area contributed by atoms with Gasteiger partial charge in [-0.3, -0.25) is 4.79 Å². The molecule has 5 heteroatoms. The lowest BCUT2D eigenvalue weighted by Gasteiger charge is -2.21. The Morgan fingerprint density at radius 1 is 1.35 bits per heavy atom. The topological polar surface area (TPSA) is 55.1 Å². The predicted molar refractivity (Wildman–Crippen MR) is 82.0 cm³/mol. The number of hydrogen-bond donors (Lipinski definition) is 2. The smallest absolute Gasteiger partial charge is 0.229 e. The van der Waals surface area contributed by atoms with Crippen molar-refractivity contribution in [1.29, 1.82) is 0 Å². The Kier molecular flexibility index (Phi) is 5.16. The van der Waals surface area contributed by atoms with Crippen molar-refractivity contribution in [1.82, 2.24) is 0 Å². The van der Waals surface area contributed by atoms with Crippen molar-refractivity contribution in [2.75, 3.05) is 5.32 Å². The second kappa shape index (κ2) is 6.68. The number of anilines is 1. The van der Waals surface area contributed by atoms with Gasteiger partial charge >= 0.3 is 0 Å². The summed E-state index contributed by atoms with van der Waals surface area (Å²) in [6.07, 6.45) is 4.99. The average molecular weight is 343 g/mol. The molecular formula is C15H20BrFN2O. The molecule has 0 aromatic heterocycles. The van der Waals surface area contributed by atoms with Crippen LogP contribution < -0.4 is 11.1 Å². The largest absolute Gasteiger partial charge is 0.327 e. The van der Waals surface area contributed by atoms with Crippen molar-refractivity contribution in [3.63, 3.8) is 0 Å². The minimum atomic E-state index is -0.327. The van der Waals surface area contributed by atoms with Crippen LogP contribution in [0.25, 0.3) is 0 Å². The van der Waals surface area contributed by atoms with Gasteiger partial charge in [-0.25, -0.2) is 4.39 Å². The van der Waals surface area contributed by atoms with Crippen LogP contribution in [0.5, 0.6) is 0 Å². The zero-order valence-corrected chi connectivity index (χ0v) is 13.2. The second-order valence-electron chi connectivity index (χ2n) is 5.48. The first-order valence-electron chi connectivity index (χ1n) is 7.01. The maximum Gasteiger partial charge on any atom is 0.229 e. The Labute approximate surface area is 127 Å². The lowest BCUT2D eigenvalue weighted by molar-refractivity contribution is -0.120. The van der Waals surface area contributed by atoms with E-state index in [2.05, 4.69) is 21.2 Å². The van der Waals surface area contributed by atoms with Crippen molar-refractivity contribution in [2.45, 2.75) is 45.1 Å². The van der Waals surface area contributed by atoms with Crippen LogP contribution in [0.1, 0.15) is 37.7 Å². The Balaban J connectivity index is 2.12. The van der Waals surface area contributed by atoms with Crippen LogP contribution in [0, 0.1) is 18.7 Å². The molecular weight excluding hydrogens is 323 g/mol. The van der Waals surface area contributed by atoms with E-state index >= 15 is 0 Å². The molecule has 1 aromatic rings. The van der Waals surface area contributed by atoms with Crippen molar-refractivity contribution in [3.8, 4) is 0 Å². The number of aryl methyl sites for hydroxylation is 1. The summed E-state index contributed by atoms with van der Waals surface area (Å²) in [5, 5.41) is 2.89. The van der Waals surface area contributed by atoms with Gasteiger partial charge < -0.3 is 11.1 Å². The molecule has 110 valence electrons. The highest BCUT2D eigenvalue weighted by Crippen LogP contribution is 2.27. The lowest BCUT2D eigenvalue weighted by Crippen LogP contribution is -2.37. The van der Waals surface area contributed by atoms with Crippen LogP contribution in [-0.2, 0) is 4.79 Å². The molecule has 0 bridgehead atoms. The molecule has 1 aliphatic carbocycles. The molecule has 2 unspecified atom stereocenters. The van der Waals surface area contributed by atoms with E-state index in [0.29, 0.717) is 15.7 Å². The first-order chi connectivity index (χ1) is 9.49. The van der Waals surface area contributed by atoms with E-state index < -0.39 is 0 Å². The third-order valence-electron chi connectivity index (χ3n) is 3.93. The summed E-state index contributed by atoms with van der Waals surface area (Å²) in [5.74, 6) is -0.534. The highest BCUT2D eigenvalue weighted by Gasteiger charge is 2.27. The summed E-state index contributed by atoms with van der Waals surface area (Å²) in [5.41, 5.74) is 7.44. The Morgan fingerprint density at radius 3 is 2.80 bits per heavy atom. The third-order valence-corrected chi connectivity index (χ3v) is 4.54. The van der Waals surface area contributed by atoms with Crippen molar-refractivity contribution >= 4 is 27.5 Å². The molecule has 20 heavy (non-hydrogen) atoms. The first-order valence-corrected chi connectivity index (χ1v) is 7.80. The van der Waals surface area contributed by atoms with Gasteiger partial charge in [0.1, 0.15) is 5.82 Å². The molecule has 0 saturated heterocycles. The van der Waals surface area contributed by atoms with Crippen LogP contribution >= 0.6 is 15.9 Å². The summed E-state index contributed by atoms with van der Waals surface area (Å²) in [4.78, 5) is 12.4. The van der Waals surface area contributed by atoms with E-state index in [1.54, 1.807) is 13.0 Å². The standard InChI is InChI=1S/C15H20BrFN2O/c1-9-7-12(17)11(16)8-14(9)19-15(20)10-5-3-2-4-6-13(10)18/h7-8,10,13H,2-6,18H2,1H3,(H,19,20). The van der Waals surface area contributed by atoms with E-state index in [4.69, 9.17) is 5.73 Å².